The normalized spacial score (nSPS) is 14.7. The van der Waals surface area contributed by atoms with E-state index in [1.165, 1.54) is 12.1 Å². The smallest absolute Gasteiger partial charge is 0.126 e. The molecule has 0 fully saturated rings. The largest absolute Gasteiger partial charge is 0.395 e. The molecule has 0 saturated carbocycles. The Kier molecular flexibility index (Phi) is 5.88. The van der Waals surface area contributed by atoms with Crippen LogP contribution < -0.4 is 5.73 Å². The third-order valence-corrected chi connectivity index (χ3v) is 3.61. The van der Waals surface area contributed by atoms with Gasteiger partial charge in [-0.25, -0.2) is 8.78 Å². The number of nitrogens with two attached hydrogens (primary N) is 1. The van der Waals surface area contributed by atoms with Gasteiger partial charge in [0.1, 0.15) is 11.6 Å². The summed E-state index contributed by atoms with van der Waals surface area (Å²) in [4.78, 5) is 0. The Morgan fingerprint density at radius 1 is 1.21 bits per heavy atom. The minimum atomic E-state index is -0.752. The van der Waals surface area contributed by atoms with Gasteiger partial charge in [-0.1, -0.05) is 26.7 Å². The van der Waals surface area contributed by atoms with Gasteiger partial charge in [0.25, 0.3) is 0 Å². The molecule has 0 amide bonds. The molecule has 1 aromatic rings. The quantitative estimate of drug-likeness (QED) is 0.801. The van der Waals surface area contributed by atoms with E-state index in [0.29, 0.717) is 17.9 Å². The van der Waals surface area contributed by atoms with Crippen LogP contribution in [0.15, 0.2) is 18.2 Å². The lowest BCUT2D eigenvalue weighted by Gasteiger charge is -2.31. The van der Waals surface area contributed by atoms with Crippen LogP contribution in [0.1, 0.15) is 38.7 Å². The lowest BCUT2D eigenvalue weighted by atomic mass is 9.76. The number of hydrogen-bond acceptors (Lipinski definition) is 2. The lowest BCUT2D eigenvalue weighted by molar-refractivity contribution is 0.183. The minimum Gasteiger partial charge on any atom is -0.395 e. The van der Waals surface area contributed by atoms with Crippen molar-refractivity contribution in [2.45, 2.75) is 38.5 Å². The molecule has 3 N–H and O–H groups in total. The SMILES string of the molecule is CC(C)CCCC(CN)(CO)c1cc(F)cc(F)c1. The molecule has 1 aromatic carbocycles. The van der Waals surface area contributed by atoms with Gasteiger partial charge in [0.05, 0.1) is 6.61 Å². The molecule has 108 valence electrons. The van der Waals surface area contributed by atoms with Gasteiger partial charge < -0.3 is 10.8 Å². The van der Waals surface area contributed by atoms with Crippen LogP contribution in [0.4, 0.5) is 8.78 Å². The van der Waals surface area contributed by atoms with Crippen molar-refractivity contribution in [3.8, 4) is 0 Å². The molecule has 0 aromatic heterocycles. The minimum absolute atomic E-state index is 0.171. The molecule has 0 radical (unpaired) electrons. The van der Waals surface area contributed by atoms with Gasteiger partial charge in [-0.05, 0) is 30.0 Å². The highest BCUT2D eigenvalue weighted by atomic mass is 19.1. The molecular weight excluding hydrogens is 248 g/mol. The van der Waals surface area contributed by atoms with E-state index in [9.17, 15) is 13.9 Å². The van der Waals surface area contributed by atoms with Crippen LogP contribution in [0.3, 0.4) is 0 Å². The van der Waals surface area contributed by atoms with Crippen LogP contribution in [-0.4, -0.2) is 18.3 Å². The van der Waals surface area contributed by atoms with Gasteiger partial charge in [0, 0.05) is 18.0 Å². The highest BCUT2D eigenvalue weighted by Crippen LogP contribution is 2.30. The number of aliphatic hydroxyl groups excluding tert-OH is 1. The Morgan fingerprint density at radius 2 is 1.79 bits per heavy atom. The van der Waals surface area contributed by atoms with E-state index in [-0.39, 0.29) is 13.2 Å². The van der Waals surface area contributed by atoms with Gasteiger partial charge in [-0.2, -0.15) is 0 Å². The average Bonchev–Trinajstić information content (AvgIpc) is 2.33. The molecule has 0 aliphatic rings. The Morgan fingerprint density at radius 3 is 2.21 bits per heavy atom. The average molecular weight is 271 g/mol. The maximum absolute atomic E-state index is 13.3. The highest BCUT2D eigenvalue weighted by molar-refractivity contribution is 5.28. The fraction of sp³-hybridized carbons (Fsp3) is 0.600. The second kappa shape index (κ2) is 6.96. The summed E-state index contributed by atoms with van der Waals surface area (Å²) in [6.07, 6.45) is 2.49. The zero-order valence-electron chi connectivity index (χ0n) is 11.6. The Bertz CT molecular complexity index is 383. The fourth-order valence-electron chi connectivity index (χ4n) is 2.31. The van der Waals surface area contributed by atoms with E-state index in [1.54, 1.807) is 0 Å². The maximum Gasteiger partial charge on any atom is 0.126 e. The van der Waals surface area contributed by atoms with Gasteiger partial charge >= 0.3 is 0 Å². The highest BCUT2D eigenvalue weighted by Gasteiger charge is 2.30. The van der Waals surface area contributed by atoms with Crippen molar-refractivity contribution >= 4 is 0 Å². The van der Waals surface area contributed by atoms with Crippen molar-refractivity contribution in [3.63, 3.8) is 0 Å². The Labute approximate surface area is 113 Å². The third kappa shape index (κ3) is 4.25. The summed E-state index contributed by atoms with van der Waals surface area (Å²) in [5.74, 6) is -0.714. The van der Waals surface area contributed by atoms with Crippen molar-refractivity contribution < 1.29 is 13.9 Å². The topological polar surface area (TPSA) is 46.2 Å². The first-order chi connectivity index (χ1) is 8.93. The van der Waals surface area contributed by atoms with Crippen LogP contribution >= 0.6 is 0 Å². The van der Waals surface area contributed by atoms with Crippen LogP contribution in [0, 0.1) is 17.6 Å². The molecule has 0 aliphatic heterocycles. The summed E-state index contributed by atoms with van der Waals surface area (Å²) in [5.41, 5.74) is 5.45. The van der Waals surface area contributed by atoms with Crippen molar-refractivity contribution in [1.29, 1.82) is 0 Å². The molecule has 0 saturated heterocycles. The van der Waals surface area contributed by atoms with E-state index in [2.05, 4.69) is 13.8 Å². The summed E-state index contributed by atoms with van der Waals surface area (Å²) in [6.45, 7) is 4.20. The van der Waals surface area contributed by atoms with E-state index < -0.39 is 17.0 Å². The first kappa shape index (κ1) is 16.1. The zero-order chi connectivity index (χ0) is 14.5. The lowest BCUT2D eigenvalue weighted by Crippen LogP contribution is -2.39. The van der Waals surface area contributed by atoms with Crippen molar-refractivity contribution in [1.82, 2.24) is 0 Å². The summed E-state index contributed by atoms with van der Waals surface area (Å²) in [5, 5.41) is 9.65. The molecule has 4 heteroatoms. The van der Waals surface area contributed by atoms with Crippen LogP contribution in [0.5, 0.6) is 0 Å². The molecule has 1 rings (SSSR count). The van der Waals surface area contributed by atoms with Crippen LogP contribution in [-0.2, 0) is 5.41 Å². The molecule has 1 atom stereocenters. The summed E-state index contributed by atoms with van der Waals surface area (Å²) >= 11 is 0. The Hall–Kier alpha value is -1.00. The predicted molar refractivity (Wildman–Crippen MR) is 72.9 cm³/mol. The predicted octanol–water partition coefficient (Wildman–Crippen LogP) is 2.98. The molecule has 0 aliphatic carbocycles. The molecular formula is C15H23F2NO. The van der Waals surface area contributed by atoms with E-state index in [1.807, 2.05) is 0 Å². The van der Waals surface area contributed by atoms with Gasteiger partial charge in [0.15, 0.2) is 0 Å². The Balaban J connectivity index is 2.96. The molecule has 1 unspecified atom stereocenters. The van der Waals surface area contributed by atoms with Gasteiger partial charge in [0.2, 0.25) is 0 Å². The van der Waals surface area contributed by atoms with Gasteiger partial charge in [-0.15, -0.1) is 0 Å². The fourth-order valence-corrected chi connectivity index (χ4v) is 2.31. The first-order valence-electron chi connectivity index (χ1n) is 6.71. The van der Waals surface area contributed by atoms with Crippen molar-refractivity contribution in [2.24, 2.45) is 11.7 Å². The summed E-state index contributed by atoms with van der Waals surface area (Å²) in [7, 11) is 0. The number of rotatable bonds is 7. The molecule has 2 nitrogen and oxygen atoms in total. The molecule has 0 bridgehead atoms. The van der Waals surface area contributed by atoms with Gasteiger partial charge in [-0.3, -0.25) is 0 Å². The molecule has 0 heterocycles. The second-order valence-electron chi connectivity index (χ2n) is 5.59. The monoisotopic (exact) mass is 271 g/mol. The van der Waals surface area contributed by atoms with Crippen molar-refractivity contribution in [2.75, 3.05) is 13.2 Å². The third-order valence-electron chi connectivity index (χ3n) is 3.61. The summed E-state index contributed by atoms with van der Waals surface area (Å²) in [6, 6.07) is 3.36. The van der Waals surface area contributed by atoms with Crippen LogP contribution in [0.25, 0.3) is 0 Å². The zero-order valence-corrected chi connectivity index (χ0v) is 11.6. The number of aliphatic hydroxyl groups is 1. The second-order valence-corrected chi connectivity index (χ2v) is 5.59. The number of hydrogen-bond donors (Lipinski definition) is 2. The van der Waals surface area contributed by atoms with Crippen molar-refractivity contribution in [3.05, 3.63) is 35.4 Å². The molecule has 0 spiro atoms. The number of benzene rings is 1. The van der Waals surface area contributed by atoms with E-state index in [0.717, 1.165) is 18.9 Å². The maximum atomic E-state index is 13.3. The van der Waals surface area contributed by atoms with E-state index >= 15 is 0 Å². The molecule has 19 heavy (non-hydrogen) atoms. The number of halogens is 2. The van der Waals surface area contributed by atoms with E-state index in [4.69, 9.17) is 5.73 Å². The summed E-state index contributed by atoms with van der Waals surface area (Å²) < 4.78 is 26.6. The first-order valence-corrected chi connectivity index (χ1v) is 6.71. The van der Waals surface area contributed by atoms with Crippen LogP contribution in [0.2, 0.25) is 0 Å². The standard InChI is InChI=1S/C15H23F2NO/c1-11(2)4-3-5-15(9-18,10-19)12-6-13(16)8-14(17)7-12/h6-8,11,19H,3-5,9-10,18H2,1-2H3.